The molecule has 4 nitrogen and oxygen atoms in total. The van der Waals surface area contributed by atoms with E-state index in [1.807, 2.05) is 59.4 Å². The summed E-state index contributed by atoms with van der Waals surface area (Å²) < 4.78 is 45.5. The van der Waals surface area contributed by atoms with Crippen molar-refractivity contribution in [3.8, 4) is 0 Å². The van der Waals surface area contributed by atoms with E-state index in [0.29, 0.717) is 36.2 Å². The highest BCUT2D eigenvalue weighted by molar-refractivity contribution is 5.81. The van der Waals surface area contributed by atoms with Gasteiger partial charge in [-0.2, -0.15) is 13.2 Å². The van der Waals surface area contributed by atoms with E-state index in [4.69, 9.17) is 4.99 Å². The maximum Gasteiger partial charge on any atom is 0.416 e. The van der Waals surface area contributed by atoms with Crippen molar-refractivity contribution in [2.75, 3.05) is 0 Å². The first kappa shape index (κ1) is 26.7. The van der Waals surface area contributed by atoms with Crippen LogP contribution in [0, 0.1) is 0 Å². The number of halogens is 3. The lowest BCUT2D eigenvalue weighted by Crippen LogP contribution is -2.26. The molecule has 196 valence electrons. The molecular formula is C30H34F3N3O. The van der Waals surface area contributed by atoms with Crippen molar-refractivity contribution >= 4 is 16.7 Å². The third kappa shape index (κ3) is 5.52. The zero-order valence-electron chi connectivity index (χ0n) is 22.0. The predicted octanol–water partition coefficient (Wildman–Crippen LogP) is 7.11. The normalized spacial score (nSPS) is 13.1. The molecule has 3 aromatic carbocycles. The van der Waals surface area contributed by atoms with Crippen LogP contribution >= 0.6 is 0 Å². The van der Waals surface area contributed by atoms with Gasteiger partial charge in [-0.05, 0) is 65.3 Å². The van der Waals surface area contributed by atoms with Gasteiger partial charge in [0, 0.05) is 6.54 Å². The number of aryl methyl sites for hydroxylation is 2. The molecule has 7 heteroatoms. The number of aliphatic hydroxyl groups is 1. The van der Waals surface area contributed by atoms with Gasteiger partial charge in [-0.25, -0.2) is 4.99 Å². The molecule has 0 fully saturated rings. The highest BCUT2D eigenvalue weighted by Crippen LogP contribution is 2.34. The van der Waals surface area contributed by atoms with Gasteiger partial charge in [-0.3, -0.25) is 0 Å². The van der Waals surface area contributed by atoms with Crippen LogP contribution in [0.15, 0.2) is 65.7 Å². The number of rotatable bonds is 6. The number of nitrogens with zero attached hydrogens (tertiary/aromatic N) is 3. The Balaban J connectivity index is 2.02. The van der Waals surface area contributed by atoms with Crippen LogP contribution in [0.2, 0.25) is 0 Å². The number of imidazole rings is 1. The van der Waals surface area contributed by atoms with Crippen molar-refractivity contribution in [3.05, 3.63) is 94.1 Å². The molecule has 0 bridgehead atoms. The summed E-state index contributed by atoms with van der Waals surface area (Å²) in [7, 11) is 0. The molecular weight excluding hydrogens is 475 g/mol. The molecule has 0 radical (unpaired) electrons. The van der Waals surface area contributed by atoms with Gasteiger partial charge in [0.05, 0.1) is 35.4 Å². The van der Waals surface area contributed by atoms with Crippen LogP contribution in [0.5, 0.6) is 0 Å². The van der Waals surface area contributed by atoms with Crippen LogP contribution < -0.4 is 5.62 Å². The molecule has 1 aromatic heterocycles. The Morgan fingerprint density at radius 2 is 1.43 bits per heavy atom. The van der Waals surface area contributed by atoms with E-state index in [9.17, 15) is 18.3 Å². The van der Waals surface area contributed by atoms with Gasteiger partial charge in [0.2, 0.25) is 5.62 Å². The van der Waals surface area contributed by atoms with Crippen molar-refractivity contribution in [2.24, 2.45) is 4.99 Å². The van der Waals surface area contributed by atoms with Crippen LogP contribution in [0.25, 0.3) is 11.0 Å². The van der Waals surface area contributed by atoms with Crippen LogP contribution in [-0.2, 0) is 37.7 Å². The lowest BCUT2D eigenvalue weighted by Gasteiger charge is -2.18. The summed E-state index contributed by atoms with van der Waals surface area (Å²) in [6.07, 6.45) is -3.98. The van der Waals surface area contributed by atoms with E-state index < -0.39 is 11.7 Å². The van der Waals surface area contributed by atoms with Crippen LogP contribution in [0.3, 0.4) is 0 Å². The Kier molecular flexibility index (Phi) is 7.38. The maximum absolute atomic E-state index is 13.9. The quantitative estimate of drug-likeness (QED) is 0.296. The lowest BCUT2D eigenvalue weighted by molar-refractivity contribution is -0.137. The molecule has 1 N–H and O–H groups in total. The minimum atomic E-state index is -4.45. The Bertz CT molecular complexity index is 1450. The van der Waals surface area contributed by atoms with E-state index in [0.717, 1.165) is 22.3 Å². The molecule has 4 rings (SSSR count). The SMILES string of the molecule is CCc1cc(C(F)(F)F)cc2c1n(CC)c(=Nc1ccc(C(C)(C)C)cc1)n2Cc1ccc(CO)cc1. The first-order valence-corrected chi connectivity index (χ1v) is 12.6. The Labute approximate surface area is 215 Å². The summed E-state index contributed by atoms with van der Waals surface area (Å²) in [6, 6.07) is 18.0. The number of aliphatic hydroxyl groups excluding tert-OH is 1. The number of aromatic nitrogens is 2. The van der Waals surface area contributed by atoms with Gasteiger partial charge in [-0.1, -0.05) is 64.1 Å². The van der Waals surface area contributed by atoms with Crippen LogP contribution in [-0.4, -0.2) is 14.2 Å². The Morgan fingerprint density at radius 1 is 0.811 bits per heavy atom. The third-order valence-corrected chi connectivity index (χ3v) is 6.75. The second-order valence-corrected chi connectivity index (χ2v) is 10.4. The lowest BCUT2D eigenvalue weighted by atomic mass is 9.87. The van der Waals surface area contributed by atoms with Crippen LogP contribution in [0.1, 0.15) is 62.4 Å². The van der Waals surface area contributed by atoms with Gasteiger partial charge in [0.25, 0.3) is 0 Å². The van der Waals surface area contributed by atoms with Gasteiger partial charge in [0.1, 0.15) is 0 Å². The molecule has 37 heavy (non-hydrogen) atoms. The standard InChI is InChI=1S/C30H34F3N3O/c1-6-22-16-24(30(31,32)33)17-26-27(22)35(7-2)28(34-25-14-12-23(13-15-25)29(3,4)5)36(26)18-20-8-10-21(19-37)11-9-20/h8-17,37H,6-7,18-19H2,1-5H3. The molecule has 0 aliphatic carbocycles. The molecule has 0 spiro atoms. The number of alkyl halides is 3. The first-order chi connectivity index (χ1) is 17.5. The second kappa shape index (κ2) is 10.2. The van der Waals surface area contributed by atoms with Crippen LogP contribution in [0.4, 0.5) is 18.9 Å². The number of fused-ring (bicyclic) bond motifs is 1. The Morgan fingerprint density at radius 3 is 1.95 bits per heavy atom. The highest BCUT2D eigenvalue weighted by Gasteiger charge is 2.32. The minimum absolute atomic E-state index is 0.00150. The Hall–Kier alpha value is -3.32. The largest absolute Gasteiger partial charge is 0.416 e. The average molecular weight is 510 g/mol. The molecule has 0 aliphatic rings. The van der Waals surface area contributed by atoms with E-state index >= 15 is 0 Å². The van der Waals surface area contributed by atoms with Crippen molar-refractivity contribution in [1.29, 1.82) is 0 Å². The second-order valence-electron chi connectivity index (χ2n) is 10.4. The van der Waals surface area contributed by atoms with Crippen molar-refractivity contribution < 1.29 is 18.3 Å². The molecule has 4 aromatic rings. The molecule has 0 saturated heterocycles. The summed E-state index contributed by atoms with van der Waals surface area (Å²) in [5, 5.41) is 9.41. The number of hydrogen-bond acceptors (Lipinski definition) is 2. The van der Waals surface area contributed by atoms with E-state index in [1.165, 1.54) is 17.7 Å². The fourth-order valence-electron chi connectivity index (χ4n) is 4.64. The van der Waals surface area contributed by atoms with Crippen molar-refractivity contribution in [2.45, 2.75) is 72.3 Å². The smallest absolute Gasteiger partial charge is 0.392 e. The van der Waals surface area contributed by atoms with E-state index in [-0.39, 0.29) is 12.0 Å². The first-order valence-electron chi connectivity index (χ1n) is 12.6. The molecule has 0 saturated carbocycles. The van der Waals surface area contributed by atoms with Crippen molar-refractivity contribution in [3.63, 3.8) is 0 Å². The maximum atomic E-state index is 13.9. The van der Waals surface area contributed by atoms with Gasteiger partial charge in [-0.15, -0.1) is 0 Å². The number of hydrogen-bond donors (Lipinski definition) is 1. The monoisotopic (exact) mass is 509 g/mol. The molecule has 0 amide bonds. The minimum Gasteiger partial charge on any atom is -0.392 e. The zero-order valence-corrected chi connectivity index (χ0v) is 22.0. The fraction of sp³-hybridized carbons (Fsp3) is 0.367. The predicted molar refractivity (Wildman–Crippen MR) is 142 cm³/mol. The third-order valence-electron chi connectivity index (χ3n) is 6.75. The van der Waals surface area contributed by atoms with Gasteiger partial charge >= 0.3 is 6.18 Å². The molecule has 0 unspecified atom stereocenters. The summed E-state index contributed by atoms with van der Waals surface area (Å²) in [5.74, 6) is 0. The summed E-state index contributed by atoms with van der Waals surface area (Å²) in [4.78, 5) is 4.97. The molecule has 0 aliphatic heterocycles. The summed E-state index contributed by atoms with van der Waals surface area (Å²) >= 11 is 0. The average Bonchev–Trinajstić information content (AvgIpc) is 3.15. The summed E-state index contributed by atoms with van der Waals surface area (Å²) in [6.45, 7) is 11.1. The van der Waals surface area contributed by atoms with E-state index in [1.54, 1.807) is 0 Å². The highest BCUT2D eigenvalue weighted by atomic mass is 19.4. The fourth-order valence-corrected chi connectivity index (χ4v) is 4.64. The molecule has 0 atom stereocenters. The summed E-state index contributed by atoms with van der Waals surface area (Å²) in [5.41, 5.74) is 5.47. The molecule has 1 heterocycles. The van der Waals surface area contributed by atoms with E-state index in [2.05, 4.69) is 32.9 Å². The number of benzene rings is 3. The zero-order chi connectivity index (χ0) is 27.0. The van der Waals surface area contributed by atoms with Gasteiger partial charge < -0.3 is 14.2 Å². The topological polar surface area (TPSA) is 42.5 Å². The van der Waals surface area contributed by atoms with Crippen molar-refractivity contribution in [1.82, 2.24) is 9.13 Å². The van der Waals surface area contributed by atoms with Gasteiger partial charge in [0.15, 0.2) is 0 Å².